The van der Waals surface area contributed by atoms with E-state index in [1.54, 1.807) is 24.3 Å². The molecular weight excluding hydrogens is 397 g/mol. The number of nitrogens with zero attached hydrogens (tertiary/aromatic N) is 1. The summed E-state index contributed by atoms with van der Waals surface area (Å²) in [5.74, 6) is -0.131. The molecule has 6 heteroatoms. The molecule has 3 rings (SSSR count). The van der Waals surface area contributed by atoms with Gasteiger partial charge in [-0.15, -0.1) is 0 Å². The van der Waals surface area contributed by atoms with Crippen molar-refractivity contribution in [1.82, 2.24) is 4.98 Å². The van der Waals surface area contributed by atoms with Gasteiger partial charge in [-0.2, -0.15) is 0 Å². The molecule has 2 aromatic carbocycles. The highest BCUT2D eigenvalue weighted by molar-refractivity contribution is 5.68. The second-order valence-corrected chi connectivity index (χ2v) is 7.31. The molecular formula is C25H26FNO4. The first-order valence-corrected chi connectivity index (χ1v) is 10.3. The van der Waals surface area contributed by atoms with Gasteiger partial charge < -0.3 is 14.6 Å². The summed E-state index contributed by atoms with van der Waals surface area (Å²) in [4.78, 5) is 15.5. The van der Waals surface area contributed by atoms with Crippen LogP contribution in [0.4, 0.5) is 4.39 Å². The van der Waals surface area contributed by atoms with Crippen LogP contribution in [0.25, 0.3) is 11.3 Å². The quantitative estimate of drug-likeness (QED) is 0.435. The fourth-order valence-electron chi connectivity index (χ4n) is 3.23. The zero-order valence-electron chi connectivity index (χ0n) is 17.7. The maximum absolute atomic E-state index is 13.3. The molecule has 162 valence electrons. The van der Waals surface area contributed by atoms with E-state index in [0.717, 1.165) is 41.8 Å². The summed E-state index contributed by atoms with van der Waals surface area (Å²) >= 11 is 0. The maximum atomic E-state index is 13.3. The van der Waals surface area contributed by atoms with Crippen LogP contribution < -0.4 is 9.47 Å². The van der Waals surface area contributed by atoms with Crippen LogP contribution in [0.15, 0.2) is 60.7 Å². The molecule has 0 aliphatic carbocycles. The molecule has 0 aliphatic heterocycles. The third-order valence-corrected chi connectivity index (χ3v) is 4.84. The molecule has 0 radical (unpaired) electrons. The number of aryl methyl sites for hydroxylation is 1. The predicted molar refractivity (Wildman–Crippen MR) is 117 cm³/mol. The summed E-state index contributed by atoms with van der Waals surface area (Å²) in [6, 6.07) is 17.3. The number of ether oxygens (including phenoxy) is 2. The number of halogens is 1. The number of benzene rings is 2. The van der Waals surface area contributed by atoms with E-state index in [1.165, 1.54) is 12.1 Å². The van der Waals surface area contributed by atoms with Crippen molar-refractivity contribution < 1.29 is 23.8 Å². The van der Waals surface area contributed by atoms with Crippen LogP contribution in [-0.4, -0.2) is 22.7 Å². The van der Waals surface area contributed by atoms with Crippen molar-refractivity contribution in [2.45, 2.75) is 39.2 Å². The van der Waals surface area contributed by atoms with Crippen molar-refractivity contribution in [3.8, 4) is 22.8 Å². The monoisotopic (exact) mass is 423 g/mol. The maximum Gasteiger partial charge on any atom is 0.341 e. The molecule has 0 bridgehead atoms. The molecule has 0 aliphatic rings. The number of carbonyl (C=O) groups is 1. The average Bonchev–Trinajstić information content (AvgIpc) is 2.76. The number of rotatable bonds is 10. The number of aromatic nitrogens is 1. The Morgan fingerprint density at radius 3 is 2.58 bits per heavy atom. The van der Waals surface area contributed by atoms with E-state index in [1.807, 2.05) is 31.2 Å². The molecule has 0 amide bonds. The van der Waals surface area contributed by atoms with Crippen molar-refractivity contribution in [2.24, 2.45) is 0 Å². The summed E-state index contributed by atoms with van der Waals surface area (Å²) in [6.45, 7) is 3.58. The van der Waals surface area contributed by atoms with Crippen LogP contribution in [0, 0.1) is 12.7 Å². The molecule has 3 aromatic rings. The number of aliphatic carboxylic acids is 1. The Morgan fingerprint density at radius 2 is 1.90 bits per heavy atom. The molecule has 1 heterocycles. The molecule has 5 nitrogen and oxygen atoms in total. The van der Waals surface area contributed by atoms with E-state index in [4.69, 9.17) is 19.6 Å². The van der Waals surface area contributed by atoms with Gasteiger partial charge in [0.25, 0.3) is 0 Å². The summed E-state index contributed by atoms with van der Waals surface area (Å²) < 4.78 is 24.8. The molecule has 1 aromatic heterocycles. The Kier molecular flexibility index (Phi) is 7.60. The van der Waals surface area contributed by atoms with E-state index < -0.39 is 5.97 Å². The SMILES string of the molecule is CCCCC(Oc1ccc(OCC(=O)O)c(C)c1)c1cccc(-c2ccc(F)cc2)n1. The van der Waals surface area contributed by atoms with E-state index in [0.29, 0.717) is 11.5 Å². The lowest BCUT2D eigenvalue weighted by Crippen LogP contribution is -2.11. The third kappa shape index (κ3) is 6.28. The van der Waals surface area contributed by atoms with Gasteiger partial charge in [0.2, 0.25) is 0 Å². The van der Waals surface area contributed by atoms with Gasteiger partial charge in [0, 0.05) is 5.56 Å². The van der Waals surface area contributed by atoms with E-state index in [-0.39, 0.29) is 18.5 Å². The van der Waals surface area contributed by atoms with Gasteiger partial charge in [0.15, 0.2) is 6.61 Å². The summed E-state index contributed by atoms with van der Waals surface area (Å²) in [6.07, 6.45) is 2.56. The highest BCUT2D eigenvalue weighted by Gasteiger charge is 2.17. The molecule has 0 spiro atoms. The van der Waals surface area contributed by atoms with Gasteiger partial charge >= 0.3 is 5.97 Å². The summed E-state index contributed by atoms with van der Waals surface area (Å²) in [5.41, 5.74) is 3.20. The first-order chi connectivity index (χ1) is 15.0. The number of hydrogen-bond acceptors (Lipinski definition) is 4. The van der Waals surface area contributed by atoms with Crippen LogP contribution in [0.1, 0.15) is 43.5 Å². The zero-order chi connectivity index (χ0) is 22.2. The molecule has 1 atom stereocenters. The minimum Gasteiger partial charge on any atom is -0.484 e. The standard InChI is InChI=1S/C25H26FNO4/c1-3-4-8-24(31-20-13-14-23(17(2)15-20)30-16-25(28)29)22-7-5-6-21(27-22)18-9-11-19(26)12-10-18/h5-7,9-15,24H,3-4,8,16H2,1-2H3,(H,28,29). The minimum atomic E-state index is -1.02. The Hall–Kier alpha value is -3.41. The minimum absolute atomic E-state index is 0.245. The van der Waals surface area contributed by atoms with Gasteiger partial charge in [0.05, 0.1) is 11.4 Å². The van der Waals surface area contributed by atoms with Crippen molar-refractivity contribution in [2.75, 3.05) is 6.61 Å². The Bertz CT molecular complexity index is 1020. The number of unbranched alkanes of at least 4 members (excludes halogenated alkanes) is 1. The largest absolute Gasteiger partial charge is 0.484 e. The topological polar surface area (TPSA) is 68.7 Å². The highest BCUT2D eigenvalue weighted by Crippen LogP contribution is 2.30. The Labute approximate surface area is 181 Å². The average molecular weight is 423 g/mol. The lowest BCUT2D eigenvalue weighted by molar-refractivity contribution is -0.139. The van der Waals surface area contributed by atoms with E-state index in [9.17, 15) is 9.18 Å². The lowest BCUT2D eigenvalue weighted by Gasteiger charge is -2.20. The number of pyridine rings is 1. The van der Waals surface area contributed by atoms with Crippen molar-refractivity contribution in [3.63, 3.8) is 0 Å². The predicted octanol–water partition coefficient (Wildman–Crippen LogP) is 5.97. The van der Waals surface area contributed by atoms with Gasteiger partial charge in [-0.25, -0.2) is 14.2 Å². The van der Waals surface area contributed by atoms with Crippen LogP contribution in [0.2, 0.25) is 0 Å². The van der Waals surface area contributed by atoms with Gasteiger partial charge in [-0.05, 0) is 79.9 Å². The van der Waals surface area contributed by atoms with Crippen LogP contribution in [0.5, 0.6) is 11.5 Å². The Balaban J connectivity index is 1.82. The fraction of sp³-hybridized carbons (Fsp3) is 0.280. The van der Waals surface area contributed by atoms with Crippen molar-refractivity contribution in [1.29, 1.82) is 0 Å². The van der Waals surface area contributed by atoms with Gasteiger partial charge in [-0.1, -0.05) is 19.4 Å². The first-order valence-electron chi connectivity index (χ1n) is 10.3. The van der Waals surface area contributed by atoms with Gasteiger partial charge in [-0.3, -0.25) is 0 Å². The van der Waals surface area contributed by atoms with Crippen LogP contribution in [-0.2, 0) is 4.79 Å². The van der Waals surface area contributed by atoms with Gasteiger partial charge in [0.1, 0.15) is 23.4 Å². The van der Waals surface area contributed by atoms with Crippen molar-refractivity contribution >= 4 is 5.97 Å². The summed E-state index contributed by atoms with van der Waals surface area (Å²) in [7, 11) is 0. The second kappa shape index (κ2) is 10.6. The fourth-order valence-corrected chi connectivity index (χ4v) is 3.23. The third-order valence-electron chi connectivity index (χ3n) is 4.84. The molecule has 0 fully saturated rings. The number of carboxylic acid groups (broad SMARTS) is 1. The molecule has 0 saturated heterocycles. The molecule has 31 heavy (non-hydrogen) atoms. The molecule has 1 N–H and O–H groups in total. The molecule has 0 saturated carbocycles. The number of hydrogen-bond donors (Lipinski definition) is 1. The van der Waals surface area contributed by atoms with E-state index >= 15 is 0 Å². The van der Waals surface area contributed by atoms with E-state index in [2.05, 4.69) is 6.92 Å². The van der Waals surface area contributed by atoms with Crippen molar-refractivity contribution in [3.05, 3.63) is 77.7 Å². The zero-order valence-corrected chi connectivity index (χ0v) is 17.7. The van der Waals surface area contributed by atoms with Crippen LogP contribution in [0.3, 0.4) is 0 Å². The Morgan fingerprint density at radius 1 is 1.13 bits per heavy atom. The second-order valence-electron chi connectivity index (χ2n) is 7.31. The smallest absolute Gasteiger partial charge is 0.341 e. The molecule has 1 unspecified atom stereocenters. The highest BCUT2D eigenvalue weighted by atomic mass is 19.1. The lowest BCUT2D eigenvalue weighted by atomic mass is 10.1. The summed E-state index contributed by atoms with van der Waals surface area (Å²) in [5, 5.41) is 8.79. The number of carboxylic acids is 1. The first kappa shape index (κ1) is 22.3. The van der Waals surface area contributed by atoms with Crippen LogP contribution >= 0.6 is 0 Å². The normalized spacial score (nSPS) is 11.7.